The maximum absolute atomic E-state index is 12.2. The van der Waals surface area contributed by atoms with Crippen LogP contribution in [-0.2, 0) is 32.2 Å². The Morgan fingerprint density at radius 2 is 1.57 bits per heavy atom. The molecule has 0 aromatic heterocycles. The first kappa shape index (κ1) is 30.1. The van der Waals surface area contributed by atoms with E-state index in [1.807, 2.05) is 48.5 Å². The standard InChI is InChI=1S/C30H41N3O7/c34-20-22-8-10-23(11-9-22)27-16-26(19-33-15-14-25(35)18-33)39-30(40-27)24-12-6-21(7-13-24)17-31-28(36)4-2-1-3-5-29(37)32-38/h6-13,25-27,30,34-35,38H,1-5,14-20H2,(H,31,36)(H,32,37). The average Bonchev–Trinajstić information content (AvgIpc) is 3.39. The van der Waals surface area contributed by atoms with Crippen LogP contribution in [0.15, 0.2) is 48.5 Å². The average molecular weight is 556 g/mol. The number of rotatable bonds is 13. The lowest BCUT2D eigenvalue weighted by molar-refractivity contribution is -0.252. The van der Waals surface area contributed by atoms with Gasteiger partial charge in [-0.25, -0.2) is 5.48 Å². The van der Waals surface area contributed by atoms with E-state index in [2.05, 4.69) is 10.2 Å². The van der Waals surface area contributed by atoms with Crippen LogP contribution in [0, 0.1) is 0 Å². The van der Waals surface area contributed by atoms with Gasteiger partial charge in [0.05, 0.1) is 24.9 Å². The second kappa shape index (κ2) is 15.2. The van der Waals surface area contributed by atoms with Crippen LogP contribution in [0.5, 0.6) is 0 Å². The molecular formula is C30H41N3O7. The summed E-state index contributed by atoms with van der Waals surface area (Å²) in [6, 6.07) is 15.7. The van der Waals surface area contributed by atoms with E-state index in [4.69, 9.17) is 14.7 Å². The van der Waals surface area contributed by atoms with Crippen LogP contribution in [0.25, 0.3) is 0 Å². The van der Waals surface area contributed by atoms with Crippen molar-refractivity contribution in [2.45, 2.75) is 82.7 Å². The number of hydrogen-bond donors (Lipinski definition) is 5. The number of aliphatic hydroxyl groups is 2. The summed E-state index contributed by atoms with van der Waals surface area (Å²) < 4.78 is 12.8. The summed E-state index contributed by atoms with van der Waals surface area (Å²) in [4.78, 5) is 25.4. The van der Waals surface area contributed by atoms with Gasteiger partial charge in [0.2, 0.25) is 11.8 Å². The Kier molecular flexibility index (Phi) is 11.5. The summed E-state index contributed by atoms with van der Waals surface area (Å²) in [6.45, 7) is 2.64. The number of aliphatic hydroxyl groups excluding tert-OH is 2. The first-order valence-corrected chi connectivity index (χ1v) is 14.1. The number of β-amino-alcohol motifs (C(OH)–C–C–N with tert-alkyl or cyclic N) is 1. The van der Waals surface area contributed by atoms with Gasteiger partial charge in [-0.2, -0.15) is 0 Å². The molecule has 4 atom stereocenters. The predicted molar refractivity (Wildman–Crippen MR) is 147 cm³/mol. The van der Waals surface area contributed by atoms with Gasteiger partial charge in [0.1, 0.15) is 0 Å². The van der Waals surface area contributed by atoms with E-state index in [-0.39, 0.29) is 37.2 Å². The molecule has 2 aliphatic heterocycles. The second-order valence-corrected chi connectivity index (χ2v) is 10.7. The van der Waals surface area contributed by atoms with Gasteiger partial charge in [-0.3, -0.25) is 19.7 Å². The Hall–Kier alpha value is -2.86. The lowest BCUT2D eigenvalue weighted by atomic mass is 9.99. The van der Waals surface area contributed by atoms with Crippen LogP contribution in [0.4, 0.5) is 0 Å². The topological polar surface area (TPSA) is 141 Å². The number of nitrogens with zero attached hydrogens (tertiary/aromatic N) is 1. The minimum atomic E-state index is -0.551. The van der Waals surface area contributed by atoms with Gasteiger partial charge in [-0.15, -0.1) is 0 Å². The molecule has 2 saturated heterocycles. The highest BCUT2D eigenvalue weighted by molar-refractivity contribution is 5.76. The van der Waals surface area contributed by atoms with E-state index in [1.165, 1.54) is 0 Å². The molecule has 0 spiro atoms. The predicted octanol–water partition coefficient (Wildman–Crippen LogP) is 2.86. The number of hydroxylamine groups is 1. The maximum atomic E-state index is 12.2. The van der Waals surface area contributed by atoms with Crippen LogP contribution in [0.1, 0.15) is 79.6 Å². The molecule has 0 radical (unpaired) electrons. The highest BCUT2D eigenvalue weighted by Gasteiger charge is 2.34. The number of hydrogen-bond acceptors (Lipinski definition) is 8. The molecule has 0 aliphatic carbocycles. The number of nitrogens with one attached hydrogen (secondary N) is 2. The van der Waals surface area contributed by atoms with Gasteiger partial charge in [0, 0.05) is 51.0 Å². The molecule has 2 aliphatic rings. The highest BCUT2D eigenvalue weighted by Crippen LogP contribution is 2.38. The van der Waals surface area contributed by atoms with E-state index in [9.17, 15) is 19.8 Å². The molecule has 40 heavy (non-hydrogen) atoms. The summed E-state index contributed by atoms with van der Waals surface area (Å²) in [7, 11) is 0. The third kappa shape index (κ3) is 9.09. The largest absolute Gasteiger partial charge is 0.392 e. The summed E-state index contributed by atoms with van der Waals surface area (Å²) in [6.07, 6.45) is 3.09. The Labute approximate surface area is 235 Å². The van der Waals surface area contributed by atoms with Gasteiger partial charge >= 0.3 is 0 Å². The smallest absolute Gasteiger partial charge is 0.243 e. The Morgan fingerprint density at radius 1 is 0.900 bits per heavy atom. The Balaban J connectivity index is 1.31. The highest BCUT2D eigenvalue weighted by atomic mass is 16.7. The van der Waals surface area contributed by atoms with Crippen LogP contribution in [0.3, 0.4) is 0 Å². The molecule has 0 saturated carbocycles. The molecule has 5 N–H and O–H groups in total. The molecule has 2 fully saturated rings. The fraction of sp³-hybridized carbons (Fsp3) is 0.533. The monoisotopic (exact) mass is 555 g/mol. The number of carbonyl (C=O) groups is 2. The zero-order valence-electron chi connectivity index (χ0n) is 22.8. The maximum Gasteiger partial charge on any atom is 0.243 e. The molecule has 10 heteroatoms. The first-order chi connectivity index (χ1) is 19.4. The molecule has 2 aromatic rings. The van der Waals surface area contributed by atoms with Crippen molar-refractivity contribution in [1.29, 1.82) is 0 Å². The molecule has 4 unspecified atom stereocenters. The number of amides is 2. The lowest BCUT2D eigenvalue weighted by Gasteiger charge is -2.37. The van der Waals surface area contributed by atoms with Crippen LogP contribution >= 0.6 is 0 Å². The lowest BCUT2D eigenvalue weighted by Crippen LogP contribution is -2.38. The van der Waals surface area contributed by atoms with Crippen molar-refractivity contribution in [3.63, 3.8) is 0 Å². The van der Waals surface area contributed by atoms with Gasteiger partial charge in [0.25, 0.3) is 0 Å². The minimum Gasteiger partial charge on any atom is -0.392 e. The quantitative estimate of drug-likeness (QED) is 0.144. The van der Waals surface area contributed by atoms with Crippen LogP contribution in [-0.4, -0.2) is 64.0 Å². The van der Waals surface area contributed by atoms with E-state index in [0.29, 0.717) is 38.8 Å². The van der Waals surface area contributed by atoms with Gasteiger partial charge in [0.15, 0.2) is 6.29 Å². The van der Waals surface area contributed by atoms with Crippen molar-refractivity contribution >= 4 is 11.8 Å². The fourth-order valence-corrected chi connectivity index (χ4v) is 5.18. The van der Waals surface area contributed by atoms with E-state index >= 15 is 0 Å². The van der Waals surface area contributed by atoms with Crippen molar-refractivity contribution in [2.24, 2.45) is 0 Å². The SMILES string of the molecule is O=C(CCCCCC(=O)NCc1ccc(C2OC(CN3CCC(O)C3)CC(c3ccc(CO)cc3)O2)cc1)NO. The number of carbonyl (C=O) groups excluding carboxylic acids is 2. The molecule has 10 nitrogen and oxygen atoms in total. The third-order valence-corrected chi connectivity index (χ3v) is 7.50. The number of unbranched alkanes of at least 4 members (excludes halogenated alkanes) is 2. The Bertz CT molecular complexity index is 1080. The zero-order valence-corrected chi connectivity index (χ0v) is 22.8. The van der Waals surface area contributed by atoms with Crippen molar-refractivity contribution in [1.82, 2.24) is 15.7 Å². The minimum absolute atomic E-state index is 0.00420. The Morgan fingerprint density at radius 3 is 2.23 bits per heavy atom. The van der Waals surface area contributed by atoms with Crippen LogP contribution < -0.4 is 10.8 Å². The molecule has 2 amide bonds. The summed E-state index contributed by atoms with van der Waals surface area (Å²) in [5, 5.41) is 30.8. The van der Waals surface area contributed by atoms with Gasteiger partial charge in [-0.05, 0) is 36.0 Å². The number of benzene rings is 2. The summed E-state index contributed by atoms with van der Waals surface area (Å²) in [5.41, 5.74) is 5.35. The number of likely N-dealkylation sites (tertiary alicyclic amines) is 1. The van der Waals surface area contributed by atoms with E-state index in [1.54, 1.807) is 5.48 Å². The molecule has 4 rings (SSSR count). The zero-order chi connectivity index (χ0) is 28.3. The number of ether oxygens (including phenoxy) is 2. The molecular weight excluding hydrogens is 514 g/mol. The third-order valence-electron chi connectivity index (χ3n) is 7.50. The van der Waals surface area contributed by atoms with Crippen molar-refractivity contribution in [3.05, 3.63) is 70.8 Å². The molecule has 0 bridgehead atoms. The molecule has 2 aromatic carbocycles. The van der Waals surface area contributed by atoms with E-state index < -0.39 is 12.2 Å². The first-order valence-electron chi connectivity index (χ1n) is 14.1. The van der Waals surface area contributed by atoms with Crippen molar-refractivity contribution in [3.8, 4) is 0 Å². The van der Waals surface area contributed by atoms with Gasteiger partial charge in [-0.1, -0.05) is 55.0 Å². The second-order valence-electron chi connectivity index (χ2n) is 10.7. The van der Waals surface area contributed by atoms with Crippen molar-refractivity contribution in [2.75, 3.05) is 19.6 Å². The van der Waals surface area contributed by atoms with E-state index in [0.717, 1.165) is 48.2 Å². The molecule has 218 valence electrons. The fourth-order valence-electron chi connectivity index (χ4n) is 5.18. The normalized spacial score (nSPS) is 23.2. The van der Waals surface area contributed by atoms with Crippen molar-refractivity contribution < 1.29 is 34.5 Å². The summed E-state index contributed by atoms with van der Waals surface area (Å²) >= 11 is 0. The van der Waals surface area contributed by atoms with Gasteiger partial charge < -0.3 is 25.0 Å². The summed E-state index contributed by atoms with van der Waals surface area (Å²) in [5.74, 6) is -0.453. The van der Waals surface area contributed by atoms with Crippen LogP contribution in [0.2, 0.25) is 0 Å². The molecule has 2 heterocycles.